The fraction of sp³-hybridized carbons (Fsp3) is 0.438. The van der Waals surface area contributed by atoms with E-state index in [1.165, 1.54) is 11.3 Å². The highest BCUT2D eigenvalue weighted by molar-refractivity contribution is 9.10. The van der Waals surface area contributed by atoms with Crippen molar-refractivity contribution >= 4 is 15.9 Å². The Morgan fingerprint density at radius 1 is 1.38 bits per heavy atom. The van der Waals surface area contributed by atoms with Crippen molar-refractivity contribution in [3.8, 4) is 5.75 Å². The number of nitrogens with one attached hydrogen (secondary N) is 1. The highest BCUT2D eigenvalue weighted by Crippen LogP contribution is 2.29. The van der Waals surface area contributed by atoms with Gasteiger partial charge in [0.05, 0.1) is 17.3 Å². The van der Waals surface area contributed by atoms with Crippen LogP contribution in [0.1, 0.15) is 29.9 Å². The fourth-order valence-electron chi connectivity index (χ4n) is 2.53. The molecule has 1 aromatic carbocycles. The van der Waals surface area contributed by atoms with Crippen molar-refractivity contribution in [2.24, 2.45) is 0 Å². The smallest absolute Gasteiger partial charge is 0.133 e. The summed E-state index contributed by atoms with van der Waals surface area (Å²) in [4.78, 5) is 0. The van der Waals surface area contributed by atoms with Gasteiger partial charge in [-0.3, -0.25) is 4.68 Å². The monoisotopic (exact) mass is 351 g/mol. The molecule has 1 N–H and O–H groups in total. The SMILES string of the molecule is CCn1nc(C)cc1CC(NC)c1ccc(OC)c(Br)c1. The molecule has 1 atom stereocenters. The van der Waals surface area contributed by atoms with Gasteiger partial charge in [0.2, 0.25) is 0 Å². The number of benzene rings is 1. The summed E-state index contributed by atoms with van der Waals surface area (Å²) in [6.45, 7) is 5.05. The fourth-order valence-corrected chi connectivity index (χ4v) is 3.09. The van der Waals surface area contributed by atoms with Crippen LogP contribution in [0.15, 0.2) is 28.7 Å². The summed E-state index contributed by atoms with van der Waals surface area (Å²) < 4.78 is 8.33. The molecular weight excluding hydrogens is 330 g/mol. The summed E-state index contributed by atoms with van der Waals surface area (Å²) in [5, 5.41) is 7.90. The molecule has 0 spiro atoms. The summed E-state index contributed by atoms with van der Waals surface area (Å²) in [6.07, 6.45) is 0.907. The number of ether oxygens (including phenoxy) is 1. The van der Waals surface area contributed by atoms with E-state index in [1.54, 1.807) is 7.11 Å². The van der Waals surface area contributed by atoms with Gasteiger partial charge in [0.25, 0.3) is 0 Å². The van der Waals surface area contributed by atoms with E-state index in [1.807, 2.05) is 20.0 Å². The first-order valence-electron chi connectivity index (χ1n) is 7.13. The molecule has 0 aliphatic heterocycles. The molecule has 0 amide bonds. The van der Waals surface area contributed by atoms with Crippen LogP contribution in [0, 0.1) is 6.92 Å². The van der Waals surface area contributed by atoms with E-state index in [-0.39, 0.29) is 6.04 Å². The van der Waals surface area contributed by atoms with Gasteiger partial charge in [0, 0.05) is 24.7 Å². The van der Waals surface area contributed by atoms with Crippen molar-refractivity contribution in [2.45, 2.75) is 32.9 Å². The molecule has 4 nitrogen and oxygen atoms in total. The number of methoxy groups -OCH3 is 1. The van der Waals surface area contributed by atoms with Crippen LogP contribution in [0.3, 0.4) is 0 Å². The average molecular weight is 352 g/mol. The summed E-state index contributed by atoms with van der Waals surface area (Å²) >= 11 is 3.55. The number of aromatic nitrogens is 2. The second-order valence-corrected chi connectivity index (χ2v) is 5.89. The number of hydrogen-bond donors (Lipinski definition) is 1. The van der Waals surface area contributed by atoms with Crippen molar-refractivity contribution in [1.29, 1.82) is 0 Å². The maximum atomic E-state index is 5.29. The molecule has 1 heterocycles. The molecule has 0 saturated heterocycles. The van der Waals surface area contributed by atoms with Crippen molar-refractivity contribution in [3.05, 3.63) is 45.7 Å². The topological polar surface area (TPSA) is 39.1 Å². The largest absolute Gasteiger partial charge is 0.496 e. The van der Waals surface area contributed by atoms with Crippen molar-refractivity contribution in [3.63, 3.8) is 0 Å². The molecule has 114 valence electrons. The number of halogens is 1. The molecule has 0 radical (unpaired) electrons. The maximum absolute atomic E-state index is 5.29. The summed E-state index contributed by atoms with van der Waals surface area (Å²) in [7, 11) is 3.67. The Hall–Kier alpha value is -1.33. The second kappa shape index (κ2) is 7.09. The second-order valence-electron chi connectivity index (χ2n) is 5.03. The maximum Gasteiger partial charge on any atom is 0.133 e. The minimum atomic E-state index is 0.244. The first kappa shape index (κ1) is 16.0. The predicted molar refractivity (Wildman–Crippen MR) is 88.8 cm³/mol. The van der Waals surface area contributed by atoms with Crippen LogP contribution >= 0.6 is 15.9 Å². The van der Waals surface area contributed by atoms with Crippen LogP contribution in [-0.2, 0) is 13.0 Å². The van der Waals surface area contributed by atoms with E-state index in [4.69, 9.17) is 4.74 Å². The zero-order valence-electron chi connectivity index (χ0n) is 13.0. The molecule has 0 fully saturated rings. The zero-order chi connectivity index (χ0) is 15.4. The van der Waals surface area contributed by atoms with Gasteiger partial charge in [-0.1, -0.05) is 6.07 Å². The third-order valence-corrected chi connectivity index (χ3v) is 4.24. The summed E-state index contributed by atoms with van der Waals surface area (Å²) in [5.41, 5.74) is 3.55. The first-order chi connectivity index (χ1) is 10.1. The Kier molecular flexibility index (Phi) is 5.42. The molecule has 2 rings (SSSR count). The lowest BCUT2D eigenvalue weighted by molar-refractivity contribution is 0.411. The molecule has 0 aliphatic carbocycles. The lowest BCUT2D eigenvalue weighted by atomic mass is 10.0. The van der Waals surface area contributed by atoms with Gasteiger partial charge in [0.1, 0.15) is 5.75 Å². The molecule has 1 aromatic heterocycles. The molecule has 5 heteroatoms. The van der Waals surface area contributed by atoms with Gasteiger partial charge in [-0.05, 0) is 60.6 Å². The van der Waals surface area contributed by atoms with E-state index in [2.05, 4.69) is 56.2 Å². The van der Waals surface area contributed by atoms with Gasteiger partial charge in [0.15, 0.2) is 0 Å². The first-order valence-corrected chi connectivity index (χ1v) is 7.92. The van der Waals surface area contributed by atoms with Crippen LogP contribution in [0.5, 0.6) is 5.75 Å². The van der Waals surface area contributed by atoms with Gasteiger partial charge < -0.3 is 10.1 Å². The van der Waals surface area contributed by atoms with Crippen molar-refractivity contribution < 1.29 is 4.74 Å². The minimum absolute atomic E-state index is 0.244. The molecule has 0 bridgehead atoms. The Morgan fingerprint density at radius 2 is 2.14 bits per heavy atom. The van der Waals surface area contributed by atoms with E-state index < -0.39 is 0 Å². The number of likely N-dealkylation sites (N-methyl/N-ethyl adjacent to an activating group) is 1. The van der Waals surface area contributed by atoms with Gasteiger partial charge >= 0.3 is 0 Å². The number of aryl methyl sites for hydroxylation is 2. The highest BCUT2D eigenvalue weighted by atomic mass is 79.9. The third kappa shape index (κ3) is 3.66. The Morgan fingerprint density at radius 3 is 2.71 bits per heavy atom. The van der Waals surface area contributed by atoms with Crippen LogP contribution in [0.2, 0.25) is 0 Å². The number of nitrogens with zero attached hydrogens (tertiary/aromatic N) is 2. The van der Waals surface area contributed by atoms with Crippen LogP contribution < -0.4 is 10.1 Å². The van der Waals surface area contributed by atoms with E-state index in [0.717, 1.165) is 28.9 Å². The van der Waals surface area contributed by atoms with Crippen molar-refractivity contribution in [2.75, 3.05) is 14.2 Å². The summed E-state index contributed by atoms with van der Waals surface area (Å²) in [6, 6.07) is 8.61. The molecular formula is C16H22BrN3O. The van der Waals surface area contributed by atoms with Gasteiger partial charge in [-0.25, -0.2) is 0 Å². The highest BCUT2D eigenvalue weighted by Gasteiger charge is 2.15. The van der Waals surface area contributed by atoms with E-state index >= 15 is 0 Å². The Balaban J connectivity index is 2.25. The average Bonchev–Trinajstić information content (AvgIpc) is 2.84. The van der Waals surface area contributed by atoms with E-state index in [0.29, 0.717) is 0 Å². The van der Waals surface area contributed by atoms with E-state index in [9.17, 15) is 0 Å². The van der Waals surface area contributed by atoms with Gasteiger partial charge in [-0.15, -0.1) is 0 Å². The Bertz CT molecular complexity index is 610. The molecule has 0 saturated carbocycles. The molecule has 2 aromatic rings. The Labute approximate surface area is 134 Å². The van der Waals surface area contributed by atoms with Crippen LogP contribution in [-0.4, -0.2) is 23.9 Å². The minimum Gasteiger partial charge on any atom is -0.496 e. The van der Waals surface area contributed by atoms with Crippen molar-refractivity contribution in [1.82, 2.24) is 15.1 Å². The van der Waals surface area contributed by atoms with Crippen LogP contribution in [0.25, 0.3) is 0 Å². The quantitative estimate of drug-likeness (QED) is 0.865. The number of hydrogen-bond acceptors (Lipinski definition) is 3. The normalized spacial score (nSPS) is 12.4. The molecule has 21 heavy (non-hydrogen) atoms. The zero-order valence-corrected chi connectivity index (χ0v) is 14.6. The predicted octanol–water partition coefficient (Wildman–Crippen LogP) is 3.49. The molecule has 1 unspecified atom stereocenters. The lowest BCUT2D eigenvalue weighted by Crippen LogP contribution is -2.20. The third-order valence-electron chi connectivity index (χ3n) is 3.62. The lowest BCUT2D eigenvalue weighted by Gasteiger charge is -2.18. The standard InChI is InChI=1S/C16H22BrN3O/c1-5-20-13(8-11(2)19-20)10-15(18-3)12-6-7-16(21-4)14(17)9-12/h6-9,15,18H,5,10H2,1-4H3. The van der Waals surface area contributed by atoms with Gasteiger partial charge in [-0.2, -0.15) is 5.10 Å². The number of rotatable bonds is 6. The summed E-state index contributed by atoms with van der Waals surface area (Å²) in [5.74, 6) is 0.850. The van der Waals surface area contributed by atoms with Crippen LogP contribution in [0.4, 0.5) is 0 Å². The molecule has 0 aliphatic rings.